The van der Waals surface area contributed by atoms with Gasteiger partial charge in [0.05, 0.1) is 0 Å². The van der Waals surface area contributed by atoms with Gasteiger partial charge in [0, 0.05) is 36.1 Å². The molecule has 1 aliphatic heterocycles. The molecule has 2 amide bonds. The Morgan fingerprint density at radius 2 is 1.85 bits per heavy atom. The predicted octanol–water partition coefficient (Wildman–Crippen LogP) is 3.84. The van der Waals surface area contributed by atoms with Gasteiger partial charge in [-0.3, -0.25) is 9.59 Å². The molecule has 2 aromatic carbocycles. The summed E-state index contributed by atoms with van der Waals surface area (Å²) in [6.45, 7) is 4.31. The average molecular weight is 373 g/mol. The fourth-order valence-electron chi connectivity index (χ4n) is 3.09. The van der Waals surface area contributed by atoms with Gasteiger partial charge in [0.2, 0.25) is 11.8 Å². The SMILES string of the molecule is Cc1cc(NC(C)C(=O)Nc2ccc(F)c(F)c2)ccc1N1CCCC1=O. The molecule has 2 N–H and O–H groups in total. The van der Waals surface area contributed by atoms with Crippen LogP contribution in [0.25, 0.3) is 0 Å². The molecule has 0 spiro atoms. The molecule has 0 radical (unpaired) electrons. The number of carbonyl (C=O) groups excluding carboxylic acids is 2. The largest absolute Gasteiger partial charge is 0.374 e. The van der Waals surface area contributed by atoms with Crippen LogP contribution >= 0.6 is 0 Å². The van der Waals surface area contributed by atoms with Crippen LogP contribution in [-0.4, -0.2) is 24.4 Å². The summed E-state index contributed by atoms with van der Waals surface area (Å²) in [4.78, 5) is 26.0. The summed E-state index contributed by atoms with van der Waals surface area (Å²) in [6, 6.07) is 8.15. The third kappa shape index (κ3) is 4.24. The van der Waals surface area contributed by atoms with E-state index in [0.717, 1.165) is 42.0 Å². The summed E-state index contributed by atoms with van der Waals surface area (Å²) >= 11 is 0. The van der Waals surface area contributed by atoms with E-state index in [9.17, 15) is 18.4 Å². The standard InChI is InChI=1S/C20H21F2N3O2/c1-12-10-14(6-8-18(12)25-9-3-4-19(25)26)23-13(2)20(27)24-15-5-7-16(21)17(22)11-15/h5-8,10-11,13,23H,3-4,9H2,1-2H3,(H,24,27). The fraction of sp³-hybridized carbons (Fsp3) is 0.300. The minimum absolute atomic E-state index is 0.123. The number of amides is 2. The molecule has 27 heavy (non-hydrogen) atoms. The van der Waals surface area contributed by atoms with Crippen molar-refractivity contribution in [1.82, 2.24) is 0 Å². The van der Waals surface area contributed by atoms with Gasteiger partial charge in [-0.1, -0.05) is 0 Å². The number of carbonyl (C=O) groups is 2. The van der Waals surface area contributed by atoms with Crippen LogP contribution in [0.5, 0.6) is 0 Å². The van der Waals surface area contributed by atoms with Gasteiger partial charge >= 0.3 is 0 Å². The number of anilines is 3. The summed E-state index contributed by atoms with van der Waals surface area (Å²) in [5.41, 5.74) is 2.73. The van der Waals surface area contributed by atoms with Crippen LogP contribution < -0.4 is 15.5 Å². The highest BCUT2D eigenvalue weighted by molar-refractivity contribution is 5.97. The lowest BCUT2D eigenvalue weighted by molar-refractivity contribution is -0.117. The molecule has 7 heteroatoms. The molecule has 1 aliphatic rings. The molecule has 1 fully saturated rings. The third-order valence-corrected chi connectivity index (χ3v) is 4.52. The Kier molecular flexibility index (Phi) is 5.39. The van der Waals surface area contributed by atoms with Crippen molar-refractivity contribution < 1.29 is 18.4 Å². The second kappa shape index (κ2) is 7.73. The first-order chi connectivity index (χ1) is 12.8. The van der Waals surface area contributed by atoms with Gasteiger partial charge in [-0.25, -0.2) is 8.78 Å². The lowest BCUT2D eigenvalue weighted by Crippen LogP contribution is -2.32. The highest BCUT2D eigenvalue weighted by atomic mass is 19.2. The number of nitrogens with one attached hydrogen (secondary N) is 2. The van der Waals surface area contributed by atoms with E-state index in [4.69, 9.17) is 0 Å². The monoisotopic (exact) mass is 373 g/mol. The molecular formula is C20H21F2N3O2. The number of aryl methyl sites for hydroxylation is 1. The summed E-state index contributed by atoms with van der Waals surface area (Å²) in [7, 11) is 0. The Morgan fingerprint density at radius 3 is 2.48 bits per heavy atom. The van der Waals surface area contributed by atoms with Gasteiger partial charge in [-0.2, -0.15) is 0 Å². The Bertz CT molecular complexity index is 886. The maximum atomic E-state index is 13.2. The number of nitrogens with zero attached hydrogens (tertiary/aromatic N) is 1. The summed E-state index contributed by atoms with van der Waals surface area (Å²) in [5, 5.41) is 5.62. The molecule has 2 aromatic rings. The Hall–Kier alpha value is -2.96. The number of rotatable bonds is 5. The Morgan fingerprint density at radius 1 is 1.11 bits per heavy atom. The van der Waals surface area contributed by atoms with Crippen LogP contribution in [0.15, 0.2) is 36.4 Å². The molecule has 3 rings (SSSR count). The van der Waals surface area contributed by atoms with E-state index < -0.39 is 17.7 Å². The van der Waals surface area contributed by atoms with Gasteiger partial charge in [0.25, 0.3) is 0 Å². The molecule has 0 aromatic heterocycles. The van der Waals surface area contributed by atoms with Crippen molar-refractivity contribution in [3.8, 4) is 0 Å². The topological polar surface area (TPSA) is 61.4 Å². The van der Waals surface area contributed by atoms with E-state index >= 15 is 0 Å². The molecule has 0 bridgehead atoms. The number of hydrogen-bond acceptors (Lipinski definition) is 3. The molecule has 1 heterocycles. The maximum Gasteiger partial charge on any atom is 0.246 e. The fourth-order valence-corrected chi connectivity index (χ4v) is 3.09. The van der Waals surface area contributed by atoms with Gasteiger partial charge in [0.15, 0.2) is 11.6 Å². The van der Waals surface area contributed by atoms with Crippen LogP contribution in [-0.2, 0) is 9.59 Å². The second-order valence-electron chi connectivity index (χ2n) is 6.63. The first-order valence-corrected chi connectivity index (χ1v) is 8.78. The van der Waals surface area contributed by atoms with Crippen molar-refractivity contribution >= 4 is 28.9 Å². The van der Waals surface area contributed by atoms with Gasteiger partial charge in [0.1, 0.15) is 6.04 Å². The lowest BCUT2D eigenvalue weighted by atomic mass is 10.1. The zero-order valence-electron chi connectivity index (χ0n) is 15.2. The number of hydrogen-bond donors (Lipinski definition) is 2. The van der Waals surface area contributed by atoms with E-state index in [1.54, 1.807) is 11.8 Å². The molecule has 1 atom stereocenters. The van der Waals surface area contributed by atoms with E-state index in [2.05, 4.69) is 10.6 Å². The molecule has 1 saturated heterocycles. The highest BCUT2D eigenvalue weighted by Crippen LogP contribution is 2.27. The van der Waals surface area contributed by atoms with Crippen molar-refractivity contribution in [2.45, 2.75) is 32.7 Å². The molecule has 1 unspecified atom stereocenters. The van der Waals surface area contributed by atoms with Crippen LogP contribution in [0, 0.1) is 18.6 Å². The quantitative estimate of drug-likeness (QED) is 0.837. The predicted molar refractivity (Wildman–Crippen MR) is 101 cm³/mol. The summed E-state index contributed by atoms with van der Waals surface area (Å²) in [5.74, 6) is -2.24. The highest BCUT2D eigenvalue weighted by Gasteiger charge is 2.23. The van der Waals surface area contributed by atoms with Crippen molar-refractivity contribution in [3.63, 3.8) is 0 Å². The van der Waals surface area contributed by atoms with Crippen molar-refractivity contribution in [2.24, 2.45) is 0 Å². The zero-order valence-corrected chi connectivity index (χ0v) is 15.2. The van der Waals surface area contributed by atoms with Gasteiger partial charge < -0.3 is 15.5 Å². The van der Waals surface area contributed by atoms with E-state index in [-0.39, 0.29) is 17.5 Å². The second-order valence-corrected chi connectivity index (χ2v) is 6.63. The smallest absolute Gasteiger partial charge is 0.246 e. The van der Waals surface area contributed by atoms with E-state index in [0.29, 0.717) is 6.42 Å². The Labute approximate surface area is 156 Å². The molecule has 0 saturated carbocycles. The summed E-state index contributed by atoms with van der Waals surface area (Å²) < 4.78 is 26.2. The summed E-state index contributed by atoms with van der Waals surface area (Å²) in [6.07, 6.45) is 1.43. The van der Waals surface area contributed by atoms with Crippen LogP contribution in [0.4, 0.5) is 25.8 Å². The van der Waals surface area contributed by atoms with Crippen molar-refractivity contribution in [1.29, 1.82) is 0 Å². The third-order valence-electron chi connectivity index (χ3n) is 4.52. The zero-order chi connectivity index (χ0) is 19.6. The minimum Gasteiger partial charge on any atom is -0.374 e. The molecular weight excluding hydrogens is 352 g/mol. The number of benzene rings is 2. The van der Waals surface area contributed by atoms with Gasteiger partial charge in [-0.05, 0) is 56.2 Å². The molecule has 142 valence electrons. The van der Waals surface area contributed by atoms with E-state index in [1.807, 2.05) is 25.1 Å². The first kappa shape index (κ1) is 18.8. The van der Waals surface area contributed by atoms with Crippen molar-refractivity contribution in [2.75, 3.05) is 22.1 Å². The van der Waals surface area contributed by atoms with Crippen LogP contribution in [0.1, 0.15) is 25.3 Å². The first-order valence-electron chi connectivity index (χ1n) is 8.78. The van der Waals surface area contributed by atoms with Crippen LogP contribution in [0.3, 0.4) is 0 Å². The average Bonchev–Trinajstić information content (AvgIpc) is 3.04. The normalized spacial score (nSPS) is 15.0. The maximum absolute atomic E-state index is 13.2. The van der Waals surface area contributed by atoms with Crippen molar-refractivity contribution in [3.05, 3.63) is 53.6 Å². The molecule has 5 nitrogen and oxygen atoms in total. The Balaban J connectivity index is 1.65. The lowest BCUT2D eigenvalue weighted by Gasteiger charge is -2.20. The van der Waals surface area contributed by atoms with Crippen LogP contribution in [0.2, 0.25) is 0 Å². The minimum atomic E-state index is -1.02. The molecule has 0 aliphatic carbocycles. The number of halogens is 2. The van der Waals surface area contributed by atoms with Gasteiger partial charge in [-0.15, -0.1) is 0 Å². The van der Waals surface area contributed by atoms with E-state index in [1.165, 1.54) is 6.07 Å².